The Balaban J connectivity index is 2.66. The van der Waals surface area contributed by atoms with E-state index in [2.05, 4.69) is 17.1 Å². The molecule has 1 atom stereocenters. The van der Waals surface area contributed by atoms with Gasteiger partial charge in [-0.15, -0.1) is 0 Å². The summed E-state index contributed by atoms with van der Waals surface area (Å²) in [6.45, 7) is 1.66. The first-order valence-electron chi connectivity index (χ1n) is 8.71. The van der Waals surface area contributed by atoms with Crippen LogP contribution in [0.1, 0.15) is 34.4 Å². The van der Waals surface area contributed by atoms with Gasteiger partial charge in [-0.25, -0.2) is 4.98 Å². The number of primary amides is 2. The number of rotatable bonds is 8. The highest BCUT2D eigenvalue weighted by Gasteiger charge is 2.26. The molecular formula is C20H20N6O2S. The Bertz CT molecular complexity index is 1010. The molecule has 1 aromatic carbocycles. The Morgan fingerprint density at radius 1 is 1.17 bits per heavy atom. The summed E-state index contributed by atoms with van der Waals surface area (Å²) in [5, 5.41) is 18.9. The molecule has 0 spiro atoms. The second-order valence-electron chi connectivity index (χ2n) is 6.18. The van der Waals surface area contributed by atoms with Crippen LogP contribution in [-0.2, 0) is 16.0 Å². The summed E-state index contributed by atoms with van der Waals surface area (Å²) in [5.74, 6) is -0.948. The fraction of sp³-hybridized carbons (Fsp3) is 0.250. The predicted octanol–water partition coefficient (Wildman–Crippen LogP) is 1.63. The molecule has 1 heterocycles. The maximum Gasteiger partial charge on any atom is 0.236 e. The number of nitriles is 2. The molecule has 8 nitrogen and oxygen atoms in total. The summed E-state index contributed by atoms with van der Waals surface area (Å²) >= 11 is 1.04. The first kappa shape index (κ1) is 21.7. The largest absolute Gasteiger partial charge is 0.368 e. The summed E-state index contributed by atoms with van der Waals surface area (Å²) in [7, 11) is 1.58. The molecule has 4 N–H and O–H groups in total. The van der Waals surface area contributed by atoms with Crippen LogP contribution in [0.15, 0.2) is 35.4 Å². The van der Waals surface area contributed by atoms with Gasteiger partial charge in [0.1, 0.15) is 28.2 Å². The molecule has 0 unspecified atom stereocenters. The van der Waals surface area contributed by atoms with Crippen LogP contribution in [0.4, 0.5) is 5.82 Å². The van der Waals surface area contributed by atoms with Crippen LogP contribution < -0.4 is 16.4 Å². The van der Waals surface area contributed by atoms with E-state index in [9.17, 15) is 20.1 Å². The van der Waals surface area contributed by atoms with Gasteiger partial charge in [0.05, 0.1) is 17.7 Å². The molecule has 9 heteroatoms. The van der Waals surface area contributed by atoms with Crippen molar-refractivity contribution in [3.05, 3.63) is 52.6 Å². The SMILES string of the molecule is CCc1c(C#N)c(S[C@@H](C(N)=O)c2ccccc2)nc(N(C)CC(N)=O)c1C#N. The number of likely N-dealkylation sites (N-methyl/N-ethyl adjacent to an activating group) is 1. The zero-order valence-electron chi connectivity index (χ0n) is 16.0. The molecule has 0 radical (unpaired) electrons. The number of anilines is 1. The minimum Gasteiger partial charge on any atom is -0.368 e. The van der Waals surface area contributed by atoms with Gasteiger partial charge in [-0.1, -0.05) is 49.0 Å². The third-order valence-electron chi connectivity index (χ3n) is 4.17. The number of nitrogens with two attached hydrogens (primary N) is 2. The van der Waals surface area contributed by atoms with Gasteiger partial charge in [-0.05, 0) is 17.5 Å². The van der Waals surface area contributed by atoms with Crippen LogP contribution >= 0.6 is 11.8 Å². The molecule has 0 bridgehead atoms. The highest BCUT2D eigenvalue weighted by atomic mass is 32.2. The smallest absolute Gasteiger partial charge is 0.236 e. The molecule has 0 saturated carbocycles. The average molecular weight is 408 g/mol. The van der Waals surface area contributed by atoms with Crippen LogP contribution in [0, 0.1) is 22.7 Å². The highest BCUT2D eigenvalue weighted by Crippen LogP contribution is 2.39. The Hall–Kier alpha value is -3.56. The topological polar surface area (TPSA) is 150 Å². The van der Waals surface area contributed by atoms with Gasteiger partial charge in [0, 0.05) is 7.05 Å². The Morgan fingerprint density at radius 2 is 1.79 bits per heavy atom. The molecule has 2 amide bonds. The predicted molar refractivity (Wildman–Crippen MR) is 110 cm³/mol. The molecule has 2 aromatic rings. The van der Waals surface area contributed by atoms with E-state index in [1.54, 1.807) is 31.3 Å². The number of amides is 2. The molecule has 0 aliphatic heterocycles. The molecule has 0 fully saturated rings. The molecule has 0 aliphatic rings. The summed E-state index contributed by atoms with van der Waals surface area (Å²) in [6, 6.07) is 13.1. The maximum atomic E-state index is 12.1. The van der Waals surface area contributed by atoms with E-state index >= 15 is 0 Å². The van der Waals surface area contributed by atoms with Gasteiger partial charge in [0.2, 0.25) is 11.8 Å². The van der Waals surface area contributed by atoms with E-state index in [1.165, 1.54) is 4.90 Å². The van der Waals surface area contributed by atoms with Crippen molar-refractivity contribution in [3.63, 3.8) is 0 Å². The minimum atomic E-state index is -0.775. The van der Waals surface area contributed by atoms with Crippen molar-refractivity contribution in [3.8, 4) is 12.1 Å². The van der Waals surface area contributed by atoms with Crippen molar-refractivity contribution in [2.24, 2.45) is 11.5 Å². The number of aromatic nitrogens is 1. The van der Waals surface area contributed by atoms with E-state index < -0.39 is 17.1 Å². The monoisotopic (exact) mass is 408 g/mol. The first-order valence-corrected chi connectivity index (χ1v) is 9.59. The lowest BCUT2D eigenvalue weighted by Gasteiger charge is -2.22. The summed E-state index contributed by atoms with van der Waals surface area (Å²) < 4.78 is 0. The van der Waals surface area contributed by atoms with Crippen molar-refractivity contribution in [1.29, 1.82) is 10.5 Å². The van der Waals surface area contributed by atoms with E-state index in [0.717, 1.165) is 11.8 Å². The van der Waals surface area contributed by atoms with Gasteiger partial charge in [0.25, 0.3) is 0 Å². The number of carbonyl (C=O) groups excluding carboxylic acids is 2. The summed E-state index contributed by atoms with van der Waals surface area (Å²) in [6.07, 6.45) is 0.395. The van der Waals surface area contributed by atoms with Crippen LogP contribution in [-0.4, -0.2) is 30.4 Å². The number of hydrogen-bond acceptors (Lipinski definition) is 7. The lowest BCUT2D eigenvalue weighted by Crippen LogP contribution is -2.32. The fourth-order valence-electron chi connectivity index (χ4n) is 2.88. The van der Waals surface area contributed by atoms with E-state index in [4.69, 9.17) is 11.5 Å². The molecule has 29 heavy (non-hydrogen) atoms. The molecule has 2 rings (SSSR count). The van der Waals surface area contributed by atoms with Gasteiger partial charge >= 0.3 is 0 Å². The van der Waals surface area contributed by atoms with Gasteiger partial charge in [-0.3, -0.25) is 9.59 Å². The highest BCUT2D eigenvalue weighted by molar-refractivity contribution is 8.00. The molecule has 0 saturated heterocycles. The Morgan fingerprint density at radius 3 is 2.28 bits per heavy atom. The lowest BCUT2D eigenvalue weighted by molar-refractivity contribution is -0.118. The standard InChI is InChI=1S/C20H20N6O2S/c1-3-13-14(9-21)19(26(2)11-16(23)27)25-20(15(13)10-22)29-17(18(24)28)12-7-5-4-6-8-12/h4-8,17H,3,11H2,1-2H3,(H2,23,27)(H2,24,28)/t17-/m1/s1. The van der Waals surface area contributed by atoms with Crippen molar-refractivity contribution >= 4 is 29.4 Å². The van der Waals surface area contributed by atoms with E-state index in [1.807, 2.05) is 13.0 Å². The van der Waals surface area contributed by atoms with Crippen molar-refractivity contribution < 1.29 is 9.59 Å². The Labute approximate surface area is 173 Å². The number of benzene rings is 1. The second-order valence-corrected chi connectivity index (χ2v) is 7.27. The molecule has 0 aliphatic carbocycles. The van der Waals surface area contributed by atoms with Gasteiger partial charge < -0.3 is 16.4 Å². The normalized spacial score (nSPS) is 11.2. The number of pyridine rings is 1. The maximum absolute atomic E-state index is 12.1. The quantitative estimate of drug-likeness (QED) is 0.630. The summed E-state index contributed by atoms with van der Waals surface area (Å²) in [4.78, 5) is 29.4. The lowest BCUT2D eigenvalue weighted by atomic mass is 10.0. The van der Waals surface area contributed by atoms with Gasteiger partial charge in [-0.2, -0.15) is 10.5 Å². The third kappa shape index (κ3) is 4.84. The number of hydrogen-bond donors (Lipinski definition) is 2. The molecule has 1 aromatic heterocycles. The van der Waals surface area contributed by atoms with Crippen molar-refractivity contribution in [2.75, 3.05) is 18.5 Å². The average Bonchev–Trinajstić information content (AvgIpc) is 2.70. The zero-order chi connectivity index (χ0) is 21.6. The first-order chi connectivity index (χ1) is 13.8. The van der Waals surface area contributed by atoms with Crippen LogP contribution in [0.5, 0.6) is 0 Å². The second kappa shape index (κ2) is 9.58. The summed E-state index contributed by atoms with van der Waals surface area (Å²) in [5.41, 5.74) is 12.5. The van der Waals surface area contributed by atoms with E-state index in [-0.39, 0.29) is 28.5 Å². The van der Waals surface area contributed by atoms with Crippen LogP contribution in [0.3, 0.4) is 0 Å². The number of nitrogens with zero attached hydrogens (tertiary/aromatic N) is 4. The number of carbonyl (C=O) groups is 2. The van der Waals surface area contributed by atoms with Gasteiger partial charge in [0.15, 0.2) is 0 Å². The minimum absolute atomic E-state index is 0.154. The molecular weight excluding hydrogens is 388 g/mol. The van der Waals surface area contributed by atoms with Crippen LogP contribution in [0.25, 0.3) is 0 Å². The number of thioether (sulfide) groups is 1. The van der Waals surface area contributed by atoms with Crippen LogP contribution in [0.2, 0.25) is 0 Å². The Kier molecular flexibility index (Phi) is 7.18. The molecule has 148 valence electrons. The van der Waals surface area contributed by atoms with E-state index in [0.29, 0.717) is 17.5 Å². The van der Waals surface area contributed by atoms with Crippen molar-refractivity contribution in [1.82, 2.24) is 4.98 Å². The van der Waals surface area contributed by atoms with Crippen molar-refractivity contribution in [2.45, 2.75) is 23.6 Å². The zero-order valence-corrected chi connectivity index (χ0v) is 16.9. The third-order valence-corrected chi connectivity index (χ3v) is 5.43. The fourth-order valence-corrected chi connectivity index (χ4v) is 3.94.